The minimum absolute atomic E-state index is 0.379. The Morgan fingerprint density at radius 1 is 0.750 bits per heavy atom. The van der Waals surface area contributed by atoms with E-state index in [-0.39, 0.29) is 7.92 Å². The van der Waals surface area contributed by atoms with Crippen molar-refractivity contribution in [2.24, 2.45) is 0 Å². The van der Waals surface area contributed by atoms with E-state index in [1.165, 1.54) is 69.5 Å². The third kappa shape index (κ3) is 4.17. The van der Waals surface area contributed by atoms with E-state index in [1.54, 1.807) is 7.11 Å². The Labute approximate surface area is 193 Å². The van der Waals surface area contributed by atoms with Crippen LogP contribution in [0.25, 0.3) is 22.3 Å². The Morgan fingerprint density at radius 2 is 1.34 bits per heavy atom. The van der Waals surface area contributed by atoms with Crippen molar-refractivity contribution < 1.29 is 13.9 Å². The van der Waals surface area contributed by atoms with Crippen molar-refractivity contribution in [3.05, 3.63) is 42.5 Å². The summed E-state index contributed by atoms with van der Waals surface area (Å²) in [6, 6.07) is 14.7. The molecule has 1 aromatic heterocycles. The second-order valence-corrected chi connectivity index (χ2v) is 12.1. The van der Waals surface area contributed by atoms with Crippen LogP contribution in [0, 0.1) is 0 Å². The van der Waals surface area contributed by atoms with Gasteiger partial charge in [0.1, 0.15) is 22.8 Å². The van der Waals surface area contributed by atoms with Gasteiger partial charge in [-0.25, -0.2) is 0 Å². The van der Waals surface area contributed by atoms with Gasteiger partial charge in [0.05, 0.1) is 19.8 Å². The third-order valence-electron chi connectivity index (χ3n) is 7.41. The van der Waals surface area contributed by atoms with E-state index in [0.717, 1.165) is 45.1 Å². The van der Waals surface area contributed by atoms with E-state index in [0.29, 0.717) is 0 Å². The Kier molecular flexibility index (Phi) is 6.74. The average molecular weight is 451 g/mol. The van der Waals surface area contributed by atoms with Crippen molar-refractivity contribution in [1.82, 2.24) is 0 Å². The number of fused-ring (bicyclic) bond motifs is 1. The fraction of sp³-hybridized carbons (Fsp3) is 0.500. The lowest BCUT2D eigenvalue weighted by molar-refractivity contribution is 0.405. The quantitative estimate of drug-likeness (QED) is 0.358. The first kappa shape index (κ1) is 21.8. The van der Waals surface area contributed by atoms with Crippen LogP contribution in [0.1, 0.15) is 64.2 Å². The molecule has 0 radical (unpaired) electrons. The van der Waals surface area contributed by atoms with Crippen LogP contribution in [0.3, 0.4) is 0 Å². The zero-order chi connectivity index (χ0) is 21.9. The van der Waals surface area contributed by atoms with E-state index in [2.05, 4.69) is 36.4 Å². The van der Waals surface area contributed by atoms with Crippen LogP contribution in [-0.2, 0) is 0 Å². The standard InChI is InChI=1S/C28H35O3P/c1-29-24-17-18-25(30-2)28(27(24)26-19-20-11-9-10-16-23(20)31-26)32(21-12-5-3-6-13-21)22-14-7-4-8-15-22/h9-11,16-19,21-22H,3-8,12-15H2,1-2H3. The average Bonchev–Trinajstić information content (AvgIpc) is 3.29. The number of benzene rings is 2. The van der Waals surface area contributed by atoms with Gasteiger partial charge in [-0.1, -0.05) is 64.6 Å². The van der Waals surface area contributed by atoms with Crippen molar-refractivity contribution in [1.29, 1.82) is 0 Å². The predicted octanol–water partition coefficient (Wildman–Crippen LogP) is 7.89. The molecule has 0 aliphatic heterocycles. The van der Waals surface area contributed by atoms with Gasteiger partial charge in [-0.15, -0.1) is 0 Å². The maximum Gasteiger partial charge on any atom is 0.139 e. The van der Waals surface area contributed by atoms with Crippen molar-refractivity contribution in [3.63, 3.8) is 0 Å². The summed E-state index contributed by atoms with van der Waals surface area (Å²) in [6.07, 6.45) is 13.6. The van der Waals surface area contributed by atoms with Crippen molar-refractivity contribution in [2.45, 2.75) is 75.5 Å². The summed E-state index contributed by atoms with van der Waals surface area (Å²) in [5, 5.41) is 2.53. The van der Waals surface area contributed by atoms with Gasteiger partial charge in [0.25, 0.3) is 0 Å². The number of hydrogen-bond donors (Lipinski definition) is 0. The lowest BCUT2D eigenvalue weighted by Crippen LogP contribution is -2.28. The fourth-order valence-corrected chi connectivity index (χ4v) is 9.94. The summed E-state index contributed by atoms with van der Waals surface area (Å²) in [7, 11) is 3.22. The van der Waals surface area contributed by atoms with E-state index in [9.17, 15) is 0 Å². The molecule has 0 N–H and O–H groups in total. The van der Waals surface area contributed by atoms with Crippen molar-refractivity contribution in [3.8, 4) is 22.8 Å². The summed E-state index contributed by atoms with van der Waals surface area (Å²) in [4.78, 5) is 0. The van der Waals surface area contributed by atoms with E-state index < -0.39 is 0 Å². The molecule has 170 valence electrons. The first-order valence-electron chi connectivity index (χ1n) is 12.3. The highest BCUT2D eigenvalue weighted by Crippen LogP contribution is 2.58. The van der Waals surface area contributed by atoms with E-state index >= 15 is 0 Å². The lowest BCUT2D eigenvalue weighted by Gasteiger charge is -2.40. The highest BCUT2D eigenvalue weighted by molar-refractivity contribution is 7.67. The summed E-state index contributed by atoms with van der Waals surface area (Å²) in [5.74, 6) is 2.83. The number of hydrogen-bond acceptors (Lipinski definition) is 3. The highest BCUT2D eigenvalue weighted by atomic mass is 31.1. The molecule has 0 bridgehead atoms. The monoisotopic (exact) mass is 450 g/mol. The molecule has 2 aliphatic rings. The molecule has 2 aliphatic carbocycles. The first-order chi connectivity index (χ1) is 15.8. The van der Waals surface area contributed by atoms with Crippen LogP contribution in [0.5, 0.6) is 11.5 Å². The Morgan fingerprint density at radius 3 is 1.94 bits per heavy atom. The Hall–Kier alpha value is -1.99. The van der Waals surface area contributed by atoms with E-state index in [1.807, 2.05) is 13.2 Å². The second kappa shape index (κ2) is 9.87. The second-order valence-electron chi connectivity index (χ2n) is 9.33. The number of methoxy groups -OCH3 is 2. The summed E-state index contributed by atoms with van der Waals surface area (Å²) in [6.45, 7) is 0. The zero-order valence-electron chi connectivity index (χ0n) is 19.4. The summed E-state index contributed by atoms with van der Waals surface area (Å²) in [5.41, 5.74) is 3.60. The molecule has 0 spiro atoms. The molecule has 5 rings (SSSR count). The minimum atomic E-state index is -0.379. The van der Waals surface area contributed by atoms with Gasteiger partial charge in [-0.2, -0.15) is 0 Å². The number of ether oxygens (including phenoxy) is 2. The summed E-state index contributed by atoms with van der Waals surface area (Å²) >= 11 is 0. The zero-order valence-corrected chi connectivity index (χ0v) is 20.3. The Bertz CT molecular complexity index is 993. The first-order valence-corrected chi connectivity index (χ1v) is 13.8. The predicted molar refractivity (Wildman–Crippen MR) is 135 cm³/mol. The fourth-order valence-electron chi connectivity index (χ4n) is 5.87. The largest absolute Gasteiger partial charge is 0.496 e. The molecular weight excluding hydrogens is 415 g/mol. The van der Waals surface area contributed by atoms with Crippen LogP contribution in [0.15, 0.2) is 46.9 Å². The molecule has 3 aromatic rings. The van der Waals surface area contributed by atoms with Gasteiger partial charge < -0.3 is 13.9 Å². The van der Waals surface area contributed by atoms with Gasteiger partial charge in [0.15, 0.2) is 0 Å². The SMILES string of the molecule is COc1ccc(OC)c(P(C2CCCCC2)C2CCCCC2)c1-c1cc2ccccc2o1. The van der Waals surface area contributed by atoms with Gasteiger partial charge in [-0.05, 0) is 61.3 Å². The lowest BCUT2D eigenvalue weighted by atomic mass is 9.99. The molecule has 2 saturated carbocycles. The van der Waals surface area contributed by atoms with Gasteiger partial charge in [0.2, 0.25) is 0 Å². The molecule has 1 heterocycles. The molecule has 0 amide bonds. The molecule has 3 nitrogen and oxygen atoms in total. The van der Waals surface area contributed by atoms with Gasteiger partial charge in [-0.3, -0.25) is 0 Å². The van der Waals surface area contributed by atoms with Crippen LogP contribution in [0.2, 0.25) is 0 Å². The van der Waals surface area contributed by atoms with E-state index in [4.69, 9.17) is 13.9 Å². The van der Waals surface area contributed by atoms with Crippen LogP contribution in [0.4, 0.5) is 0 Å². The molecule has 0 unspecified atom stereocenters. The molecule has 0 saturated heterocycles. The Balaban J connectivity index is 1.72. The number of furan rings is 1. The highest BCUT2D eigenvalue weighted by Gasteiger charge is 2.37. The topological polar surface area (TPSA) is 31.6 Å². The molecule has 4 heteroatoms. The summed E-state index contributed by atoms with van der Waals surface area (Å²) < 4.78 is 18.5. The van der Waals surface area contributed by atoms with Crippen LogP contribution in [-0.4, -0.2) is 25.5 Å². The molecular formula is C28H35O3P. The number of para-hydroxylation sites is 1. The van der Waals surface area contributed by atoms with Crippen molar-refractivity contribution in [2.75, 3.05) is 14.2 Å². The van der Waals surface area contributed by atoms with Crippen molar-refractivity contribution >= 4 is 24.2 Å². The molecule has 2 aromatic carbocycles. The minimum Gasteiger partial charge on any atom is -0.496 e. The van der Waals surface area contributed by atoms with Crippen LogP contribution >= 0.6 is 7.92 Å². The number of rotatable bonds is 6. The molecule has 32 heavy (non-hydrogen) atoms. The maximum absolute atomic E-state index is 6.44. The van der Waals surface area contributed by atoms with Crippen LogP contribution < -0.4 is 14.8 Å². The van der Waals surface area contributed by atoms with Gasteiger partial charge >= 0.3 is 0 Å². The molecule has 0 atom stereocenters. The third-order valence-corrected chi connectivity index (χ3v) is 11.0. The normalized spacial score (nSPS) is 18.3. The van der Waals surface area contributed by atoms with Gasteiger partial charge in [0, 0.05) is 10.7 Å². The molecule has 2 fully saturated rings. The maximum atomic E-state index is 6.44. The smallest absolute Gasteiger partial charge is 0.139 e.